The van der Waals surface area contributed by atoms with Gasteiger partial charge in [0.25, 0.3) is 5.22 Å². The van der Waals surface area contributed by atoms with Gasteiger partial charge >= 0.3 is 0 Å². The predicted octanol–water partition coefficient (Wildman–Crippen LogP) is 4.90. The van der Waals surface area contributed by atoms with E-state index in [9.17, 15) is 4.79 Å². The van der Waals surface area contributed by atoms with Gasteiger partial charge < -0.3 is 4.42 Å². The van der Waals surface area contributed by atoms with Crippen LogP contribution in [0.4, 0.5) is 0 Å². The zero-order valence-corrected chi connectivity index (χ0v) is 15.7. The maximum Gasteiger partial charge on any atom is 0.277 e. The normalized spacial score (nSPS) is 14.2. The Morgan fingerprint density at radius 2 is 1.96 bits per heavy atom. The summed E-state index contributed by atoms with van der Waals surface area (Å²) in [4.78, 5) is 12.8. The lowest BCUT2D eigenvalue weighted by molar-refractivity contribution is 0.0993. The van der Waals surface area contributed by atoms with Crippen LogP contribution in [0.5, 0.6) is 0 Å². The van der Waals surface area contributed by atoms with E-state index in [0.717, 1.165) is 29.5 Å². The molecule has 5 heteroatoms. The minimum absolute atomic E-state index is 0.0972. The van der Waals surface area contributed by atoms with Gasteiger partial charge in [0, 0.05) is 11.1 Å². The van der Waals surface area contributed by atoms with Gasteiger partial charge in [-0.25, -0.2) is 0 Å². The third-order valence-corrected chi connectivity index (χ3v) is 5.64. The highest BCUT2D eigenvalue weighted by Crippen LogP contribution is 2.29. The molecule has 0 bridgehead atoms. The molecule has 0 amide bonds. The van der Waals surface area contributed by atoms with Crippen LogP contribution in [0.3, 0.4) is 0 Å². The smallest absolute Gasteiger partial charge is 0.277 e. The highest BCUT2D eigenvalue weighted by atomic mass is 32.2. The third kappa shape index (κ3) is 3.44. The van der Waals surface area contributed by atoms with Crippen LogP contribution in [-0.4, -0.2) is 21.2 Å². The van der Waals surface area contributed by atoms with Crippen molar-refractivity contribution in [2.75, 3.05) is 0 Å². The molecule has 132 valence electrons. The van der Waals surface area contributed by atoms with Crippen LogP contribution in [0.2, 0.25) is 0 Å². The number of benzene rings is 2. The number of hydrogen-bond donors (Lipinski definition) is 0. The first-order valence-electron chi connectivity index (χ1n) is 8.83. The SMILES string of the molecule is Cc1cccc(-c2nnc(S[C@@H](C)C(=O)c3ccc4c(c3)CCC4)o2)c1. The first kappa shape index (κ1) is 17.0. The van der Waals surface area contributed by atoms with Crippen LogP contribution in [0.15, 0.2) is 52.1 Å². The quantitative estimate of drug-likeness (QED) is 0.476. The summed E-state index contributed by atoms with van der Waals surface area (Å²) >= 11 is 1.31. The molecule has 0 saturated carbocycles. The lowest BCUT2D eigenvalue weighted by atomic mass is 10.0. The summed E-state index contributed by atoms with van der Waals surface area (Å²) in [7, 11) is 0. The summed E-state index contributed by atoms with van der Waals surface area (Å²) in [6, 6.07) is 14.0. The maximum atomic E-state index is 12.8. The largest absolute Gasteiger partial charge is 0.411 e. The molecule has 0 spiro atoms. The van der Waals surface area contributed by atoms with Gasteiger partial charge in [-0.3, -0.25) is 4.79 Å². The summed E-state index contributed by atoms with van der Waals surface area (Å²) in [6.07, 6.45) is 3.38. The number of hydrogen-bond acceptors (Lipinski definition) is 5. The molecule has 1 aliphatic rings. The number of aromatic nitrogens is 2. The lowest BCUT2D eigenvalue weighted by Crippen LogP contribution is -2.13. The summed E-state index contributed by atoms with van der Waals surface area (Å²) in [6.45, 7) is 3.91. The molecular formula is C21H20N2O2S. The van der Waals surface area contributed by atoms with E-state index in [4.69, 9.17) is 4.42 Å². The predicted molar refractivity (Wildman–Crippen MR) is 103 cm³/mol. The average Bonchev–Trinajstić information content (AvgIpc) is 3.29. The first-order valence-corrected chi connectivity index (χ1v) is 9.71. The fourth-order valence-corrected chi connectivity index (χ4v) is 4.08. The molecule has 1 aromatic heterocycles. The number of carbonyl (C=O) groups excluding carboxylic acids is 1. The van der Waals surface area contributed by atoms with Gasteiger partial charge in [-0.2, -0.15) is 0 Å². The summed E-state index contributed by atoms with van der Waals surface area (Å²) in [5, 5.41) is 8.34. The van der Waals surface area contributed by atoms with E-state index in [-0.39, 0.29) is 11.0 Å². The van der Waals surface area contributed by atoms with Crippen LogP contribution in [0.1, 0.15) is 40.4 Å². The molecule has 0 saturated heterocycles. The molecule has 2 aromatic carbocycles. The second-order valence-corrected chi connectivity index (χ2v) is 8.00. The molecule has 1 heterocycles. The molecule has 4 rings (SSSR count). The number of thioether (sulfide) groups is 1. The molecule has 0 unspecified atom stereocenters. The van der Waals surface area contributed by atoms with Crippen molar-refractivity contribution in [2.45, 2.75) is 43.6 Å². The number of fused-ring (bicyclic) bond motifs is 1. The molecule has 0 aliphatic heterocycles. The van der Waals surface area contributed by atoms with Crippen molar-refractivity contribution in [3.05, 3.63) is 64.7 Å². The van der Waals surface area contributed by atoms with Gasteiger partial charge in [-0.05, 0) is 62.4 Å². The molecule has 3 aromatic rings. The Labute approximate surface area is 157 Å². The molecule has 1 aliphatic carbocycles. The lowest BCUT2D eigenvalue weighted by Gasteiger charge is -2.09. The van der Waals surface area contributed by atoms with E-state index in [2.05, 4.69) is 16.3 Å². The van der Waals surface area contributed by atoms with Crippen molar-refractivity contribution < 1.29 is 9.21 Å². The van der Waals surface area contributed by atoms with Crippen molar-refractivity contribution in [1.82, 2.24) is 10.2 Å². The molecule has 0 radical (unpaired) electrons. The van der Waals surface area contributed by atoms with Crippen molar-refractivity contribution >= 4 is 17.5 Å². The first-order chi connectivity index (χ1) is 12.6. The highest BCUT2D eigenvalue weighted by molar-refractivity contribution is 8.00. The summed E-state index contributed by atoms with van der Waals surface area (Å²) in [5.74, 6) is 0.577. The minimum atomic E-state index is -0.278. The average molecular weight is 364 g/mol. The van der Waals surface area contributed by atoms with Gasteiger partial charge in [0.15, 0.2) is 5.78 Å². The van der Waals surface area contributed by atoms with Crippen molar-refractivity contribution in [3.63, 3.8) is 0 Å². The molecule has 0 fully saturated rings. The zero-order valence-electron chi connectivity index (χ0n) is 14.9. The van der Waals surface area contributed by atoms with Crippen molar-refractivity contribution in [2.24, 2.45) is 0 Å². The van der Waals surface area contributed by atoms with Gasteiger partial charge in [0.05, 0.1) is 5.25 Å². The fourth-order valence-electron chi connectivity index (χ4n) is 3.32. The molecule has 26 heavy (non-hydrogen) atoms. The zero-order chi connectivity index (χ0) is 18.1. The van der Waals surface area contributed by atoms with Gasteiger partial charge in [0.2, 0.25) is 5.89 Å². The minimum Gasteiger partial charge on any atom is -0.411 e. The van der Waals surface area contributed by atoms with Crippen LogP contribution in [-0.2, 0) is 12.8 Å². The van der Waals surface area contributed by atoms with Gasteiger partial charge in [-0.15, -0.1) is 10.2 Å². The number of rotatable bonds is 5. The monoisotopic (exact) mass is 364 g/mol. The molecule has 0 N–H and O–H groups in total. The van der Waals surface area contributed by atoms with Crippen LogP contribution in [0.25, 0.3) is 11.5 Å². The number of carbonyl (C=O) groups is 1. The van der Waals surface area contributed by atoms with E-state index in [1.165, 1.54) is 29.3 Å². The van der Waals surface area contributed by atoms with E-state index in [1.807, 2.05) is 50.2 Å². The number of Topliss-reactive ketones (excluding diaryl/α,β-unsaturated/α-hetero) is 1. The molecule has 1 atom stereocenters. The van der Waals surface area contributed by atoms with Gasteiger partial charge in [0.1, 0.15) is 0 Å². The summed E-state index contributed by atoms with van der Waals surface area (Å²) in [5.41, 5.74) is 5.48. The molecular weight excluding hydrogens is 344 g/mol. The number of ketones is 1. The van der Waals surface area contributed by atoms with E-state index >= 15 is 0 Å². The number of nitrogens with zero attached hydrogens (tertiary/aromatic N) is 2. The van der Waals surface area contributed by atoms with Gasteiger partial charge in [-0.1, -0.05) is 41.6 Å². The summed E-state index contributed by atoms with van der Waals surface area (Å²) < 4.78 is 5.74. The number of aryl methyl sites for hydroxylation is 3. The Morgan fingerprint density at radius 1 is 1.12 bits per heavy atom. The van der Waals surface area contributed by atoms with Crippen LogP contribution in [0, 0.1) is 6.92 Å². The van der Waals surface area contributed by atoms with Crippen molar-refractivity contribution in [3.8, 4) is 11.5 Å². The Balaban J connectivity index is 1.48. The van der Waals surface area contributed by atoms with E-state index in [1.54, 1.807) is 0 Å². The second-order valence-electron chi connectivity index (χ2n) is 6.70. The van der Waals surface area contributed by atoms with E-state index < -0.39 is 0 Å². The Kier molecular flexibility index (Phi) is 4.64. The van der Waals surface area contributed by atoms with Crippen molar-refractivity contribution in [1.29, 1.82) is 0 Å². The van der Waals surface area contributed by atoms with E-state index in [0.29, 0.717) is 11.1 Å². The van der Waals surface area contributed by atoms with Crippen LogP contribution < -0.4 is 0 Å². The third-order valence-electron chi connectivity index (χ3n) is 4.70. The topological polar surface area (TPSA) is 56.0 Å². The Morgan fingerprint density at radius 3 is 2.81 bits per heavy atom. The van der Waals surface area contributed by atoms with Crippen LogP contribution >= 0.6 is 11.8 Å². The second kappa shape index (κ2) is 7.08. The maximum absolute atomic E-state index is 12.8. The Hall–Kier alpha value is -2.40. The fraction of sp³-hybridized carbons (Fsp3) is 0.286. The Bertz CT molecular complexity index is 964. The standard InChI is InChI=1S/C21H20N2O2S/c1-13-5-3-8-18(11-13)20-22-23-21(25-20)26-14(2)19(24)17-10-9-15-6-4-7-16(15)12-17/h3,5,8-12,14H,4,6-7H2,1-2H3/t14-/m0/s1. The highest BCUT2D eigenvalue weighted by Gasteiger charge is 2.22. The molecule has 4 nitrogen and oxygen atoms in total.